The van der Waals surface area contributed by atoms with E-state index >= 15 is 0 Å². The Labute approximate surface area is 126 Å². The van der Waals surface area contributed by atoms with Gasteiger partial charge in [0.2, 0.25) is 0 Å². The number of hydrogen-bond donors (Lipinski definition) is 2. The predicted molar refractivity (Wildman–Crippen MR) is 79.0 cm³/mol. The molecule has 106 valence electrons. The highest BCUT2D eigenvalue weighted by Gasteiger charge is 2.21. The van der Waals surface area contributed by atoms with Gasteiger partial charge in [-0.2, -0.15) is 5.10 Å². The number of H-pyrrole nitrogens is 1. The molecule has 1 unspecified atom stereocenters. The van der Waals surface area contributed by atoms with Crippen molar-refractivity contribution < 1.29 is 4.74 Å². The van der Waals surface area contributed by atoms with E-state index in [1.807, 2.05) is 12.1 Å². The molecule has 5 nitrogen and oxygen atoms in total. The molecule has 1 aromatic heterocycles. The average molecular weight is 337 g/mol. The van der Waals surface area contributed by atoms with Gasteiger partial charge in [0, 0.05) is 17.6 Å². The topological polar surface area (TPSA) is 62.8 Å². The molecule has 0 spiro atoms. The molecule has 6 heteroatoms. The Bertz CT molecular complexity index is 549. The first kappa shape index (κ1) is 13.7. The minimum absolute atomic E-state index is 0.0754. The standard InChI is InChI=1S/C14H17BrN4O/c15-11-5-3-10(4-6-11)8-16-9-13-17-14(19-18-13)12-2-1-7-20-12/h3-6,12,16H,1-2,7-9H2,(H,17,18,19). The van der Waals surface area contributed by atoms with Crippen LogP contribution in [0.25, 0.3) is 0 Å². The zero-order valence-electron chi connectivity index (χ0n) is 11.1. The van der Waals surface area contributed by atoms with Crippen LogP contribution in [0, 0.1) is 0 Å². The van der Waals surface area contributed by atoms with Crippen LogP contribution < -0.4 is 5.32 Å². The maximum absolute atomic E-state index is 5.57. The molecule has 2 aromatic rings. The first-order chi connectivity index (χ1) is 9.81. The lowest BCUT2D eigenvalue weighted by Gasteiger charge is -2.03. The van der Waals surface area contributed by atoms with Crippen molar-refractivity contribution in [2.75, 3.05) is 6.61 Å². The monoisotopic (exact) mass is 336 g/mol. The summed E-state index contributed by atoms with van der Waals surface area (Å²) in [6, 6.07) is 8.27. The molecule has 1 saturated heterocycles. The lowest BCUT2D eigenvalue weighted by atomic mass is 10.2. The molecular weight excluding hydrogens is 320 g/mol. The van der Waals surface area contributed by atoms with E-state index < -0.39 is 0 Å². The summed E-state index contributed by atoms with van der Waals surface area (Å²) in [7, 11) is 0. The van der Waals surface area contributed by atoms with Crippen molar-refractivity contribution in [2.45, 2.75) is 32.0 Å². The average Bonchev–Trinajstić information content (AvgIpc) is 3.11. The minimum atomic E-state index is 0.0754. The van der Waals surface area contributed by atoms with Gasteiger partial charge in [0.15, 0.2) is 5.82 Å². The van der Waals surface area contributed by atoms with Crippen molar-refractivity contribution in [2.24, 2.45) is 0 Å². The largest absolute Gasteiger partial charge is 0.370 e. The van der Waals surface area contributed by atoms with Crippen molar-refractivity contribution >= 4 is 15.9 Å². The molecule has 0 amide bonds. The lowest BCUT2D eigenvalue weighted by molar-refractivity contribution is 0.105. The second-order valence-corrected chi connectivity index (χ2v) is 5.79. The number of halogens is 1. The SMILES string of the molecule is Brc1ccc(CNCc2nc(C3CCCO3)n[nH]2)cc1. The second-order valence-electron chi connectivity index (χ2n) is 4.87. The third-order valence-corrected chi connectivity index (χ3v) is 3.83. The van der Waals surface area contributed by atoms with E-state index in [1.165, 1.54) is 5.56 Å². The zero-order valence-corrected chi connectivity index (χ0v) is 12.7. The van der Waals surface area contributed by atoms with E-state index in [4.69, 9.17) is 4.74 Å². The van der Waals surface area contributed by atoms with Gasteiger partial charge in [0.1, 0.15) is 11.9 Å². The van der Waals surface area contributed by atoms with Crippen molar-refractivity contribution in [1.82, 2.24) is 20.5 Å². The van der Waals surface area contributed by atoms with Gasteiger partial charge in [-0.25, -0.2) is 4.98 Å². The van der Waals surface area contributed by atoms with E-state index in [2.05, 4.69) is 48.6 Å². The van der Waals surface area contributed by atoms with Gasteiger partial charge in [0.25, 0.3) is 0 Å². The van der Waals surface area contributed by atoms with Gasteiger partial charge in [-0.3, -0.25) is 5.10 Å². The minimum Gasteiger partial charge on any atom is -0.370 e. The van der Waals surface area contributed by atoms with Crippen LogP contribution in [0.2, 0.25) is 0 Å². The van der Waals surface area contributed by atoms with E-state index in [1.54, 1.807) is 0 Å². The van der Waals surface area contributed by atoms with Gasteiger partial charge >= 0.3 is 0 Å². The zero-order chi connectivity index (χ0) is 13.8. The molecule has 0 aliphatic carbocycles. The van der Waals surface area contributed by atoms with E-state index in [-0.39, 0.29) is 6.10 Å². The summed E-state index contributed by atoms with van der Waals surface area (Å²) in [5, 5.41) is 10.5. The van der Waals surface area contributed by atoms with Gasteiger partial charge in [-0.1, -0.05) is 28.1 Å². The normalized spacial score (nSPS) is 18.6. The third-order valence-electron chi connectivity index (χ3n) is 3.30. The molecule has 1 aromatic carbocycles. The Balaban J connectivity index is 1.49. The molecule has 0 radical (unpaired) electrons. The van der Waals surface area contributed by atoms with Gasteiger partial charge in [0.05, 0.1) is 6.54 Å². The summed E-state index contributed by atoms with van der Waals surface area (Å²) in [4.78, 5) is 4.48. The van der Waals surface area contributed by atoms with Crippen molar-refractivity contribution in [3.8, 4) is 0 Å². The molecule has 0 saturated carbocycles. The highest BCUT2D eigenvalue weighted by atomic mass is 79.9. The quantitative estimate of drug-likeness (QED) is 0.881. The molecule has 0 bridgehead atoms. The highest BCUT2D eigenvalue weighted by molar-refractivity contribution is 9.10. The molecule has 1 fully saturated rings. The summed E-state index contributed by atoms with van der Waals surface area (Å²) in [6.45, 7) is 2.30. The number of benzene rings is 1. The van der Waals surface area contributed by atoms with Gasteiger partial charge in [-0.15, -0.1) is 0 Å². The number of aromatic nitrogens is 3. The maximum Gasteiger partial charge on any atom is 0.179 e. The molecule has 3 rings (SSSR count). The molecule has 20 heavy (non-hydrogen) atoms. The van der Waals surface area contributed by atoms with Crippen LogP contribution in [0.5, 0.6) is 0 Å². The summed E-state index contributed by atoms with van der Waals surface area (Å²) in [6.07, 6.45) is 2.19. The van der Waals surface area contributed by atoms with Crippen molar-refractivity contribution in [3.05, 3.63) is 46.0 Å². The van der Waals surface area contributed by atoms with Crippen LogP contribution in [-0.2, 0) is 17.8 Å². The summed E-state index contributed by atoms with van der Waals surface area (Å²) in [5.41, 5.74) is 1.24. The van der Waals surface area contributed by atoms with Crippen LogP contribution in [0.15, 0.2) is 28.7 Å². The van der Waals surface area contributed by atoms with Crippen LogP contribution in [0.3, 0.4) is 0 Å². The fraction of sp³-hybridized carbons (Fsp3) is 0.429. The van der Waals surface area contributed by atoms with Crippen molar-refractivity contribution in [3.63, 3.8) is 0 Å². The van der Waals surface area contributed by atoms with Crippen LogP contribution in [0.4, 0.5) is 0 Å². The van der Waals surface area contributed by atoms with E-state index in [0.29, 0.717) is 6.54 Å². The number of rotatable bonds is 5. The van der Waals surface area contributed by atoms with Crippen molar-refractivity contribution in [1.29, 1.82) is 0 Å². The number of nitrogens with one attached hydrogen (secondary N) is 2. The summed E-state index contributed by atoms with van der Waals surface area (Å²) in [5.74, 6) is 1.63. The number of ether oxygens (including phenoxy) is 1. The lowest BCUT2D eigenvalue weighted by Crippen LogP contribution is -2.13. The number of aromatic amines is 1. The molecular formula is C14H17BrN4O. The van der Waals surface area contributed by atoms with Crippen LogP contribution in [-0.4, -0.2) is 21.8 Å². The highest BCUT2D eigenvalue weighted by Crippen LogP contribution is 2.25. The van der Waals surface area contributed by atoms with Gasteiger partial charge < -0.3 is 10.1 Å². The Morgan fingerprint density at radius 1 is 1.30 bits per heavy atom. The Morgan fingerprint density at radius 2 is 2.15 bits per heavy atom. The fourth-order valence-electron chi connectivity index (χ4n) is 2.24. The summed E-state index contributed by atoms with van der Waals surface area (Å²) < 4.78 is 6.66. The smallest absolute Gasteiger partial charge is 0.179 e. The molecule has 2 N–H and O–H groups in total. The van der Waals surface area contributed by atoms with Crippen LogP contribution in [0.1, 0.15) is 36.2 Å². The van der Waals surface area contributed by atoms with E-state index in [9.17, 15) is 0 Å². The Morgan fingerprint density at radius 3 is 2.90 bits per heavy atom. The predicted octanol–water partition coefficient (Wildman–Crippen LogP) is 2.71. The third kappa shape index (κ3) is 3.45. The Hall–Kier alpha value is -1.24. The number of nitrogens with zero attached hydrogens (tertiary/aromatic N) is 2. The number of hydrogen-bond acceptors (Lipinski definition) is 4. The summed E-state index contributed by atoms with van der Waals surface area (Å²) >= 11 is 3.43. The first-order valence-corrected chi connectivity index (χ1v) is 7.58. The maximum atomic E-state index is 5.57. The molecule has 1 aliphatic heterocycles. The van der Waals surface area contributed by atoms with Crippen LogP contribution >= 0.6 is 15.9 Å². The second kappa shape index (κ2) is 6.47. The molecule has 2 heterocycles. The molecule has 1 atom stereocenters. The first-order valence-electron chi connectivity index (χ1n) is 6.79. The fourth-order valence-corrected chi connectivity index (χ4v) is 2.51. The van der Waals surface area contributed by atoms with E-state index in [0.717, 1.165) is 42.1 Å². The van der Waals surface area contributed by atoms with Gasteiger partial charge in [-0.05, 0) is 30.5 Å². The Kier molecular flexibility index (Phi) is 4.44. The molecule has 1 aliphatic rings.